The molecule has 19 heavy (non-hydrogen) atoms. The van der Waals surface area contributed by atoms with Gasteiger partial charge in [-0.3, -0.25) is 9.79 Å². The Labute approximate surface area is 112 Å². The summed E-state index contributed by atoms with van der Waals surface area (Å²) < 4.78 is 4.81. The maximum Gasteiger partial charge on any atom is 0.307 e. The third-order valence-electron chi connectivity index (χ3n) is 2.38. The molecule has 1 aromatic carbocycles. The summed E-state index contributed by atoms with van der Waals surface area (Å²) in [4.78, 5) is 15.5. The second-order valence-electron chi connectivity index (χ2n) is 4.00. The number of nitrogens with two attached hydrogens (primary N) is 1. The van der Waals surface area contributed by atoms with Gasteiger partial charge in [0.05, 0.1) is 0 Å². The summed E-state index contributed by atoms with van der Waals surface area (Å²) in [5.41, 5.74) is 6.67. The van der Waals surface area contributed by atoms with Crippen LogP contribution in [0.15, 0.2) is 35.3 Å². The Kier molecular flexibility index (Phi) is 6.10. The van der Waals surface area contributed by atoms with Gasteiger partial charge in [-0.1, -0.05) is 30.3 Å². The Morgan fingerprint density at radius 1 is 1.47 bits per heavy atom. The van der Waals surface area contributed by atoms with Crippen molar-refractivity contribution in [3.63, 3.8) is 0 Å². The molecule has 1 unspecified atom stereocenters. The average Bonchev–Trinajstić information content (AvgIpc) is 2.44. The predicted octanol–water partition coefficient (Wildman–Crippen LogP) is 1.63. The molecule has 5 heteroatoms. The molecule has 5 nitrogen and oxygen atoms in total. The summed E-state index contributed by atoms with van der Waals surface area (Å²) in [7, 11) is 0. The van der Waals surface area contributed by atoms with Crippen molar-refractivity contribution in [3.05, 3.63) is 35.9 Å². The minimum Gasteiger partial charge on any atom is -0.447 e. The Morgan fingerprint density at radius 3 is 2.79 bits per heavy atom. The van der Waals surface area contributed by atoms with Crippen LogP contribution in [0.5, 0.6) is 0 Å². The standard InChI is InChI=1S/C14H17N3O2/c1-11(10-15)19-13(18)8-5-9-17-14(16)12-6-3-2-4-7-12/h2-4,6-7,11H,5,8-9H2,1H3,(H2,16,17). The van der Waals surface area contributed by atoms with Crippen LogP contribution in [0.2, 0.25) is 0 Å². The molecular weight excluding hydrogens is 242 g/mol. The zero-order chi connectivity index (χ0) is 14.1. The molecule has 0 heterocycles. The van der Waals surface area contributed by atoms with Crippen LogP contribution in [0.1, 0.15) is 25.3 Å². The molecule has 0 saturated heterocycles. The maximum atomic E-state index is 11.3. The fourth-order valence-corrected chi connectivity index (χ4v) is 1.41. The van der Waals surface area contributed by atoms with E-state index in [1.165, 1.54) is 6.92 Å². The highest BCUT2D eigenvalue weighted by molar-refractivity contribution is 5.97. The van der Waals surface area contributed by atoms with Crippen molar-refractivity contribution >= 4 is 11.8 Å². The number of hydrogen-bond donors (Lipinski definition) is 1. The van der Waals surface area contributed by atoms with Gasteiger partial charge in [0, 0.05) is 18.5 Å². The van der Waals surface area contributed by atoms with E-state index in [-0.39, 0.29) is 12.4 Å². The van der Waals surface area contributed by atoms with E-state index in [1.807, 2.05) is 36.4 Å². The molecule has 0 fully saturated rings. The van der Waals surface area contributed by atoms with E-state index < -0.39 is 6.10 Å². The second-order valence-corrected chi connectivity index (χ2v) is 4.00. The maximum absolute atomic E-state index is 11.3. The van der Waals surface area contributed by atoms with Crippen molar-refractivity contribution in [3.8, 4) is 6.07 Å². The number of benzene rings is 1. The predicted molar refractivity (Wildman–Crippen MR) is 72.4 cm³/mol. The summed E-state index contributed by atoms with van der Waals surface area (Å²) in [5.74, 6) is 0.0712. The van der Waals surface area contributed by atoms with Gasteiger partial charge in [0.2, 0.25) is 0 Å². The molecule has 0 saturated carbocycles. The minimum absolute atomic E-state index is 0.234. The van der Waals surface area contributed by atoms with E-state index in [9.17, 15) is 4.79 Å². The van der Waals surface area contributed by atoms with Gasteiger partial charge in [-0.25, -0.2) is 0 Å². The summed E-state index contributed by atoms with van der Waals surface area (Å²) in [6.45, 7) is 1.99. The van der Waals surface area contributed by atoms with Crippen molar-refractivity contribution in [2.45, 2.75) is 25.9 Å². The first-order valence-corrected chi connectivity index (χ1v) is 6.08. The quantitative estimate of drug-likeness (QED) is 0.364. The molecule has 1 aromatic rings. The van der Waals surface area contributed by atoms with Crippen molar-refractivity contribution in [2.24, 2.45) is 10.7 Å². The van der Waals surface area contributed by atoms with Crippen LogP contribution in [0.25, 0.3) is 0 Å². The number of esters is 1. The summed E-state index contributed by atoms with van der Waals surface area (Å²) in [6.07, 6.45) is 0.0765. The normalized spacial score (nSPS) is 12.5. The monoisotopic (exact) mass is 259 g/mol. The Hall–Kier alpha value is -2.35. The zero-order valence-corrected chi connectivity index (χ0v) is 10.9. The number of amidine groups is 1. The molecule has 0 aliphatic rings. The number of nitriles is 1. The van der Waals surface area contributed by atoms with E-state index >= 15 is 0 Å². The highest BCUT2D eigenvalue weighted by Gasteiger charge is 2.07. The zero-order valence-electron chi connectivity index (χ0n) is 10.9. The fraction of sp³-hybridized carbons (Fsp3) is 0.357. The lowest BCUT2D eigenvalue weighted by molar-refractivity contribution is -0.145. The summed E-state index contributed by atoms with van der Waals surface area (Å²) in [5, 5.41) is 8.49. The van der Waals surface area contributed by atoms with E-state index in [0.29, 0.717) is 18.8 Å². The van der Waals surface area contributed by atoms with Crippen molar-refractivity contribution < 1.29 is 9.53 Å². The molecule has 0 aromatic heterocycles. The molecule has 0 spiro atoms. The molecule has 0 amide bonds. The number of nitrogens with zero attached hydrogens (tertiary/aromatic N) is 2. The third kappa shape index (κ3) is 5.68. The van der Waals surface area contributed by atoms with Crippen LogP contribution in [-0.2, 0) is 9.53 Å². The fourth-order valence-electron chi connectivity index (χ4n) is 1.41. The van der Waals surface area contributed by atoms with E-state index in [0.717, 1.165) is 5.56 Å². The molecule has 0 bridgehead atoms. The first-order chi connectivity index (χ1) is 9.13. The van der Waals surface area contributed by atoms with Crippen LogP contribution in [0.3, 0.4) is 0 Å². The lowest BCUT2D eigenvalue weighted by atomic mass is 10.2. The molecule has 0 aliphatic heterocycles. The van der Waals surface area contributed by atoms with Gasteiger partial charge in [-0.05, 0) is 13.3 Å². The molecule has 100 valence electrons. The molecular formula is C14H17N3O2. The van der Waals surface area contributed by atoms with Crippen LogP contribution < -0.4 is 5.73 Å². The number of aliphatic imine (C=N–C) groups is 1. The lowest BCUT2D eigenvalue weighted by Gasteiger charge is -2.05. The first-order valence-electron chi connectivity index (χ1n) is 6.08. The first kappa shape index (κ1) is 14.7. The highest BCUT2D eigenvalue weighted by Crippen LogP contribution is 2.00. The number of ether oxygens (including phenoxy) is 1. The van der Waals surface area contributed by atoms with Gasteiger partial charge in [0.15, 0.2) is 6.10 Å². The van der Waals surface area contributed by atoms with Crippen molar-refractivity contribution in [2.75, 3.05) is 6.54 Å². The Bertz CT molecular complexity index is 477. The largest absolute Gasteiger partial charge is 0.447 e. The van der Waals surface area contributed by atoms with Crippen molar-refractivity contribution in [1.29, 1.82) is 5.26 Å². The average molecular weight is 259 g/mol. The van der Waals surface area contributed by atoms with Crippen molar-refractivity contribution in [1.82, 2.24) is 0 Å². The SMILES string of the molecule is CC(C#N)OC(=O)CCC/N=C(/N)c1ccccc1. The van der Waals surface area contributed by atoms with Gasteiger partial charge in [0.25, 0.3) is 0 Å². The highest BCUT2D eigenvalue weighted by atomic mass is 16.5. The van der Waals surface area contributed by atoms with Gasteiger partial charge >= 0.3 is 5.97 Å². The third-order valence-corrected chi connectivity index (χ3v) is 2.38. The van der Waals surface area contributed by atoms with E-state index in [1.54, 1.807) is 0 Å². The molecule has 2 N–H and O–H groups in total. The number of carbonyl (C=O) groups is 1. The Morgan fingerprint density at radius 2 is 2.16 bits per heavy atom. The summed E-state index contributed by atoms with van der Waals surface area (Å²) >= 11 is 0. The van der Waals surface area contributed by atoms with Crippen LogP contribution >= 0.6 is 0 Å². The minimum atomic E-state index is -0.703. The topological polar surface area (TPSA) is 88.5 Å². The molecule has 0 aliphatic carbocycles. The summed E-state index contributed by atoms with van der Waals surface area (Å²) in [6, 6.07) is 11.3. The smallest absolute Gasteiger partial charge is 0.307 e. The van der Waals surface area contributed by atoms with Gasteiger partial charge in [0.1, 0.15) is 11.9 Å². The van der Waals surface area contributed by atoms with E-state index in [2.05, 4.69) is 4.99 Å². The van der Waals surface area contributed by atoms with Gasteiger partial charge in [-0.15, -0.1) is 0 Å². The number of carbonyl (C=O) groups excluding carboxylic acids is 1. The van der Waals surface area contributed by atoms with Crippen LogP contribution in [-0.4, -0.2) is 24.5 Å². The molecule has 0 radical (unpaired) electrons. The Balaban J connectivity index is 2.31. The molecule has 1 rings (SSSR count). The molecule has 1 atom stereocenters. The van der Waals surface area contributed by atoms with Crippen LogP contribution in [0, 0.1) is 11.3 Å². The van der Waals surface area contributed by atoms with Gasteiger partial charge in [-0.2, -0.15) is 5.26 Å². The van der Waals surface area contributed by atoms with Gasteiger partial charge < -0.3 is 10.5 Å². The number of rotatable bonds is 6. The number of hydrogen-bond acceptors (Lipinski definition) is 4. The van der Waals surface area contributed by atoms with E-state index in [4.69, 9.17) is 15.7 Å². The second kappa shape index (κ2) is 7.88. The lowest BCUT2D eigenvalue weighted by Crippen LogP contribution is -2.15. The van der Waals surface area contributed by atoms with Crippen LogP contribution in [0.4, 0.5) is 0 Å².